The Labute approximate surface area is 93.8 Å². The van der Waals surface area contributed by atoms with Gasteiger partial charge in [-0.3, -0.25) is 4.99 Å². The summed E-state index contributed by atoms with van der Waals surface area (Å²) in [4.78, 5) is 5.72. The van der Waals surface area contributed by atoms with Crippen LogP contribution in [-0.2, 0) is 7.05 Å². The summed E-state index contributed by atoms with van der Waals surface area (Å²) in [6.07, 6.45) is 3.66. The Hall–Kier alpha value is -1.23. The van der Waals surface area contributed by atoms with Crippen LogP contribution in [0.4, 0.5) is 0 Å². The van der Waals surface area contributed by atoms with E-state index in [9.17, 15) is 0 Å². The standard InChI is InChI=1S/C9H14ClN5/c1-7(4-5-10)6-11-8(2)9-12-14-15(3)13-9/h4,6,8H,5H2,1-3H3/b7-4-,11-6?/t8-/m1/s1. The molecule has 1 atom stereocenters. The summed E-state index contributed by atoms with van der Waals surface area (Å²) in [6, 6.07) is -0.0858. The predicted molar refractivity (Wildman–Crippen MR) is 60.2 cm³/mol. The fourth-order valence-electron chi connectivity index (χ4n) is 0.936. The van der Waals surface area contributed by atoms with Crippen LogP contribution in [0.3, 0.4) is 0 Å². The van der Waals surface area contributed by atoms with Crippen LogP contribution >= 0.6 is 11.6 Å². The molecule has 1 aromatic heterocycles. The Kier molecular flexibility index (Phi) is 4.42. The normalized spacial score (nSPS) is 14.8. The van der Waals surface area contributed by atoms with E-state index in [-0.39, 0.29) is 6.04 Å². The zero-order valence-corrected chi connectivity index (χ0v) is 9.81. The maximum absolute atomic E-state index is 5.56. The molecule has 0 fully saturated rings. The van der Waals surface area contributed by atoms with Gasteiger partial charge in [0, 0.05) is 12.1 Å². The minimum absolute atomic E-state index is 0.0858. The van der Waals surface area contributed by atoms with Crippen LogP contribution in [0.25, 0.3) is 0 Å². The molecule has 0 N–H and O–H groups in total. The van der Waals surface area contributed by atoms with Gasteiger partial charge in [0.1, 0.15) is 6.04 Å². The van der Waals surface area contributed by atoms with Crippen LogP contribution in [0.2, 0.25) is 0 Å². The van der Waals surface area contributed by atoms with Crippen LogP contribution in [0.5, 0.6) is 0 Å². The topological polar surface area (TPSA) is 56.0 Å². The van der Waals surface area contributed by atoms with Gasteiger partial charge in [-0.15, -0.1) is 21.8 Å². The highest BCUT2D eigenvalue weighted by Gasteiger charge is 2.08. The maximum atomic E-state index is 5.56. The van der Waals surface area contributed by atoms with E-state index in [1.807, 2.05) is 19.9 Å². The van der Waals surface area contributed by atoms with E-state index < -0.39 is 0 Å². The van der Waals surface area contributed by atoms with E-state index in [2.05, 4.69) is 20.4 Å². The minimum Gasteiger partial charge on any atom is -0.282 e. The largest absolute Gasteiger partial charge is 0.282 e. The van der Waals surface area contributed by atoms with Crippen LogP contribution in [0.15, 0.2) is 16.6 Å². The molecule has 0 radical (unpaired) electrons. The summed E-state index contributed by atoms with van der Waals surface area (Å²) in [7, 11) is 1.73. The second-order valence-electron chi connectivity index (χ2n) is 3.19. The van der Waals surface area contributed by atoms with E-state index in [1.54, 1.807) is 13.3 Å². The molecule has 0 aromatic carbocycles. The summed E-state index contributed by atoms with van der Waals surface area (Å²) in [5.41, 5.74) is 1.03. The Balaban J connectivity index is 2.63. The van der Waals surface area contributed by atoms with Gasteiger partial charge in [-0.25, -0.2) is 0 Å². The average Bonchev–Trinajstić information content (AvgIpc) is 2.62. The average molecular weight is 228 g/mol. The molecule has 0 aliphatic rings. The van der Waals surface area contributed by atoms with Gasteiger partial charge in [0.2, 0.25) is 0 Å². The first-order valence-corrected chi connectivity index (χ1v) is 5.16. The Morgan fingerprint density at radius 1 is 1.67 bits per heavy atom. The minimum atomic E-state index is -0.0858. The summed E-state index contributed by atoms with van der Waals surface area (Å²) in [6.45, 7) is 3.87. The number of aliphatic imine (C=N–C) groups is 1. The van der Waals surface area contributed by atoms with Crippen LogP contribution in [0.1, 0.15) is 25.7 Å². The molecule has 0 unspecified atom stereocenters. The van der Waals surface area contributed by atoms with Crippen molar-refractivity contribution in [1.82, 2.24) is 20.2 Å². The SMILES string of the molecule is C/C(C=N[C@H](C)c1nnn(C)n1)=C/CCl. The Morgan fingerprint density at radius 3 is 2.93 bits per heavy atom. The molecule has 0 spiro atoms. The fourth-order valence-corrected chi connectivity index (χ4v) is 1.18. The summed E-state index contributed by atoms with van der Waals surface area (Å²) in [5, 5.41) is 11.7. The van der Waals surface area contributed by atoms with Gasteiger partial charge in [0.05, 0.1) is 7.05 Å². The maximum Gasteiger partial charge on any atom is 0.198 e. The number of allylic oxidation sites excluding steroid dienone is 2. The van der Waals surface area contributed by atoms with E-state index in [1.165, 1.54) is 4.80 Å². The highest BCUT2D eigenvalue weighted by atomic mass is 35.5. The zero-order chi connectivity index (χ0) is 11.3. The van der Waals surface area contributed by atoms with Gasteiger partial charge in [-0.1, -0.05) is 6.08 Å². The number of rotatable bonds is 4. The summed E-state index contributed by atoms with van der Waals surface area (Å²) in [5.74, 6) is 1.11. The lowest BCUT2D eigenvalue weighted by molar-refractivity contribution is 0.623. The molecule has 0 aliphatic heterocycles. The third kappa shape index (κ3) is 3.79. The number of tetrazole rings is 1. The summed E-state index contributed by atoms with van der Waals surface area (Å²) < 4.78 is 0. The molecule has 15 heavy (non-hydrogen) atoms. The quantitative estimate of drug-likeness (QED) is 0.579. The van der Waals surface area contributed by atoms with E-state index >= 15 is 0 Å². The molecule has 5 nitrogen and oxygen atoms in total. The van der Waals surface area contributed by atoms with Crippen molar-refractivity contribution in [1.29, 1.82) is 0 Å². The smallest absolute Gasteiger partial charge is 0.198 e. The molecule has 82 valence electrons. The molecule has 6 heteroatoms. The molecule has 1 aromatic rings. The van der Waals surface area contributed by atoms with Crippen molar-refractivity contribution in [3.8, 4) is 0 Å². The lowest BCUT2D eigenvalue weighted by atomic mass is 10.3. The highest BCUT2D eigenvalue weighted by molar-refractivity contribution is 6.19. The number of aromatic nitrogens is 4. The van der Waals surface area contributed by atoms with Crippen LogP contribution in [-0.4, -0.2) is 32.3 Å². The second-order valence-corrected chi connectivity index (χ2v) is 3.50. The van der Waals surface area contributed by atoms with Gasteiger partial charge in [0.15, 0.2) is 5.82 Å². The molecule has 0 aliphatic carbocycles. The third-order valence-corrected chi connectivity index (χ3v) is 1.95. The van der Waals surface area contributed by atoms with Crippen molar-refractivity contribution >= 4 is 17.8 Å². The van der Waals surface area contributed by atoms with Crippen molar-refractivity contribution in [2.24, 2.45) is 12.0 Å². The first-order valence-electron chi connectivity index (χ1n) is 4.63. The van der Waals surface area contributed by atoms with Crippen LogP contribution in [0, 0.1) is 0 Å². The molecule has 0 bridgehead atoms. The number of halogens is 1. The van der Waals surface area contributed by atoms with E-state index in [4.69, 9.17) is 11.6 Å². The monoisotopic (exact) mass is 227 g/mol. The molecule has 1 rings (SSSR count). The van der Waals surface area contributed by atoms with E-state index in [0.29, 0.717) is 11.7 Å². The van der Waals surface area contributed by atoms with Crippen molar-refractivity contribution in [2.75, 3.05) is 5.88 Å². The lowest BCUT2D eigenvalue weighted by Gasteiger charge is -1.98. The number of hydrogen-bond acceptors (Lipinski definition) is 4. The van der Waals surface area contributed by atoms with E-state index in [0.717, 1.165) is 5.57 Å². The molecule has 1 heterocycles. The second kappa shape index (κ2) is 5.60. The lowest BCUT2D eigenvalue weighted by Crippen LogP contribution is -1.96. The first-order chi connectivity index (χ1) is 7.13. The number of nitrogens with zero attached hydrogens (tertiary/aromatic N) is 5. The predicted octanol–water partition coefficient (Wildman–Crippen LogP) is 1.53. The number of alkyl halides is 1. The Morgan fingerprint density at radius 2 is 2.40 bits per heavy atom. The molecular formula is C9H14ClN5. The van der Waals surface area contributed by atoms with Crippen LogP contribution < -0.4 is 0 Å². The molecule has 0 saturated heterocycles. The molecule has 0 saturated carbocycles. The van der Waals surface area contributed by atoms with Crippen molar-refractivity contribution in [3.05, 3.63) is 17.5 Å². The van der Waals surface area contributed by atoms with Crippen molar-refractivity contribution in [2.45, 2.75) is 19.9 Å². The number of aryl methyl sites for hydroxylation is 1. The Bertz CT molecular complexity index is 368. The zero-order valence-electron chi connectivity index (χ0n) is 9.05. The fraction of sp³-hybridized carbons (Fsp3) is 0.556. The first kappa shape index (κ1) is 11.8. The third-order valence-electron chi connectivity index (χ3n) is 1.80. The highest BCUT2D eigenvalue weighted by Crippen LogP contribution is 2.09. The van der Waals surface area contributed by atoms with Gasteiger partial charge in [-0.05, 0) is 24.6 Å². The number of hydrogen-bond donors (Lipinski definition) is 0. The van der Waals surface area contributed by atoms with Gasteiger partial charge >= 0.3 is 0 Å². The van der Waals surface area contributed by atoms with Gasteiger partial charge in [-0.2, -0.15) is 4.80 Å². The van der Waals surface area contributed by atoms with Crippen molar-refractivity contribution in [3.63, 3.8) is 0 Å². The van der Waals surface area contributed by atoms with Gasteiger partial charge in [0.25, 0.3) is 0 Å². The molecule has 0 amide bonds. The van der Waals surface area contributed by atoms with Gasteiger partial charge < -0.3 is 0 Å². The van der Waals surface area contributed by atoms with Crippen molar-refractivity contribution < 1.29 is 0 Å². The summed E-state index contributed by atoms with van der Waals surface area (Å²) >= 11 is 5.56. The molecular weight excluding hydrogens is 214 g/mol.